The Morgan fingerprint density at radius 3 is 2.75 bits per heavy atom. The van der Waals surface area contributed by atoms with Gasteiger partial charge in [-0.2, -0.15) is 0 Å². The van der Waals surface area contributed by atoms with Crippen molar-refractivity contribution >= 4 is 5.57 Å². The second-order valence-corrected chi connectivity index (χ2v) is 1.39. The summed E-state index contributed by atoms with van der Waals surface area (Å²) in [5.41, 5.74) is 1.22. The molecule has 1 radical (unpaired) electrons. The van der Waals surface area contributed by atoms with Crippen LogP contribution in [0, 0.1) is 6.92 Å². The van der Waals surface area contributed by atoms with Crippen LogP contribution in [-0.2, 0) is 0 Å². The number of aromatic nitrogens is 2. The van der Waals surface area contributed by atoms with E-state index in [0.29, 0.717) is 11.3 Å². The first-order valence-corrected chi connectivity index (χ1v) is 2.09. The predicted octanol–water partition coefficient (Wildman–Crippen LogP) is 0.917. The van der Waals surface area contributed by atoms with Crippen LogP contribution in [0.4, 0.5) is 0 Å². The van der Waals surface area contributed by atoms with Crippen molar-refractivity contribution in [2.24, 2.45) is 0 Å². The van der Waals surface area contributed by atoms with Gasteiger partial charge in [0.1, 0.15) is 5.69 Å². The third-order valence-corrected chi connectivity index (χ3v) is 0.722. The van der Waals surface area contributed by atoms with Gasteiger partial charge in [-0.15, -0.1) is 5.10 Å². The van der Waals surface area contributed by atoms with Gasteiger partial charge in [0, 0.05) is 5.27 Å². The van der Waals surface area contributed by atoms with Gasteiger partial charge < -0.3 is 4.52 Å². The molecule has 0 aromatic carbocycles. The first-order chi connectivity index (χ1) is 3.80. The lowest BCUT2D eigenvalue weighted by atomic mass is 10.3. The summed E-state index contributed by atoms with van der Waals surface area (Å²) in [6.45, 7) is 7.05. The molecule has 1 aromatic heterocycles. The van der Waals surface area contributed by atoms with Gasteiger partial charge in [0.2, 0.25) is 0 Å². The monoisotopic (exact) mass is 109 g/mol. The van der Waals surface area contributed by atoms with E-state index in [-0.39, 0.29) is 0 Å². The fourth-order valence-electron chi connectivity index (χ4n) is 0.319. The zero-order valence-electron chi connectivity index (χ0n) is 4.29. The lowest BCUT2D eigenvalue weighted by molar-refractivity contribution is 0.393. The molecule has 0 N–H and O–H groups in total. The number of nitrogens with zero attached hydrogens (tertiary/aromatic N) is 2. The van der Waals surface area contributed by atoms with E-state index in [9.17, 15) is 0 Å². The van der Waals surface area contributed by atoms with Gasteiger partial charge in [-0.3, -0.25) is 0 Å². The van der Waals surface area contributed by atoms with Gasteiger partial charge in [-0.25, -0.2) is 0 Å². The topological polar surface area (TPSA) is 38.9 Å². The summed E-state index contributed by atoms with van der Waals surface area (Å²) in [6, 6.07) is 0. The van der Waals surface area contributed by atoms with Crippen LogP contribution in [-0.4, -0.2) is 10.4 Å². The third kappa shape index (κ3) is 0.753. The summed E-state index contributed by atoms with van der Waals surface area (Å²) in [7, 11) is 0. The van der Waals surface area contributed by atoms with Crippen molar-refractivity contribution in [3.63, 3.8) is 0 Å². The van der Waals surface area contributed by atoms with E-state index >= 15 is 0 Å². The molecule has 0 amide bonds. The van der Waals surface area contributed by atoms with Gasteiger partial charge in [0.05, 0.1) is 0 Å². The fraction of sp³-hybridized carbons (Fsp3) is 0. The smallest absolute Gasteiger partial charge is 0.151 e. The fourth-order valence-corrected chi connectivity index (χ4v) is 0.319. The molecule has 0 aliphatic rings. The van der Waals surface area contributed by atoms with Crippen molar-refractivity contribution in [2.75, 3.05) is 0 Å². The molecule has 3 nitrogen and oxygen atoms in total. The minimum absolute atomic E-state index is 0.602. The Morgan fingerprint density at radius 2 is 2.50 bits per heavy atom. The zero-order chi connectivity index (χ0) is 5.98. The summed E-state index contributed by atoms with van der Waals surface area (Å²) in [4.78, 5) is 0. The molecule has 0 saturated heterocycles. The molecule has 1 aromatic rings. The number of hydrogen-bond donors (Lipinski definition) is 0. The minimum atomic E-state index is 0.602. The van der Waals surface area contributed by atoms with Crippen molar-refractivity contribution in [1.82, 2.24) is 10.4 Å². The summed E-state index contributed by atoms with van der Waals surface area (Å²) in [5.74, 6) is 0. The second kappa shape index (κ2) is 1.78. The molecule has 0 spiro atoms. The number of hydrogen-bond acceptors (Lipinski definition) is 3. The SMILES string of the molecule is [CH2]C(=C)c1conn1. The first-order valence-electron chi connectivity index (χ1n) is 2.09. The molecule has 0 unspecified atom stereocenters. The molecule has 0 saturated carbocycles. The quantitative estimate of drug-likeness (QED) is 0.538. The van der Waals surface area contributed by atoms with Crippen LogP contribution in [0.2, 0.25) is 0 Å². The van der Waals surface area contributed by atoms with E-state index < -0.39 is 0 Å². The summed E-state index contributed by atoms with van der Waals surface area (Å²) in [5, 5.41) is 6.75. The summed E-state index contributed by atoms with van der Waals surface area (Å²) < 4.78 is 4.41. The molecule has 0 aliphatic carbocycles. The Morgan fingerprint density at radius 1 is 1.75 bits per heavy atom. The van der Waals surface area contributed by atoms with Crippen molar-refractivity contribution in [3.05, 3.63) is 25.5 Å². The maximum Gasteiger partial charge on any atom is 0.151 e. The molecule has 0 aliphatic heterocycles. The maximum absolute atomic E-state index is 4.41. The molecule has 0 bridgehead atoms. The molecule has 1 heterocycles. The average Bonchev–Trinajstić information content (AvgIpc) is 2.12. The van der Waals surface area contributed by atoms with E-state index in [1.807, 2.05) is 0 Å². The largest absolute Gasteiger partial charge is 0.345 e. The van der Waals surface area contributed by atoms with Crippen LogP contribution in [0.3, 0.4) is 0 Å². The van der Waals surface area contributed by atoms with Gasteiger partial charge in [0.15, 0.2) is 6.26 Å². The van der Waals surface area contributed by atoms with Crippen molar-refractivity contribution in [3.8, 4) is 0 Å². The summed E-state index contributed by atoms with van der Waals surface area (Å²) >= 11 is 0. The first kappa shape index (κ1) is 5.03. The molecule has 0 fully saturated rings. The van der Waals surface area contributed by atoms with Crippen LogP contribution in [0.25, 0.3) is 5.57 Å². The van der Waals surface area contributed by atoms with Gasteiger partial charge >= 0.3 is 0 Å². The highest BCUT2D eigenvalue weighted by Crippen LogP contribution is 2.03. The van der Waals surface area contributed by atoms with Crippen molar-refractivity contribution in [1.29, 1.82) is 0 Å². The van der Waals surface area contributed by atoms with Crippen LogP contribution in [0.15, 0.2) is 17.4 Å². The molecule has 41 valence electrons. The Labute approximate surface area is 47.0 Å². The molecular weight excluding hydrogens is 104 g/mol. The molecule has 8 heavy (non-hydrogen) atoms. The van der Waals surface area contributed by atoms with Gasteiger partial charge in [-0.1, -0.05) is 6.58 Å². The summed E-state index contributed by atoms with van der Waals surface area (Å²) in [6.07, 6.45) is 1.40. The normalized spacial score (nSPS) is 9.12. The predicted molar refractivity (Wildman–Crippen MR) is 28.7 cm³/mol. The van der Waals surface area contributed by atoms with E-state index in [1.54, 1.807) is 0 Å². The average molecular weight is 109 g/mol. The lowest BCUT2D eigenvalue weighted by Gasteiger charge is -1.81. The van der Waals surface area contributed by atoms with Crippen LogP contribution in [0.1, 0.15) is 5.69 Å². The van der Waals surface area contributed by atoms with Crippen LogP contribution >= 0.6 is 0 Å². The molecule has 3 heteroatoms. The third-order valence-electron chi connectivity index (χ3n) is 0.722. The van der Waals surface area contributed by atoms with E-state index in [2.05, 4.69) is 28.4 Å². The highest BCUT2D eigenvalue weighted by molar-refractivity contribution is 5.61. The zero-order valence-corrected chi connectivity index (χ0v) is 4.29. The second-order valence-electron chi connectivity index (χ2n) is 1.39. The van der Waals surface area contributed by atoms with E-state index in [0.717, 1.165) is 0 Å². The Hall–Kier alpha value is -1.12. The molecule has 0 atom stereocenters. The highest BCUT2D eigenvalue weighted by atomic mass is 16.5. The number of rotatable bonds is 1. The highest BCUT2D eigenvalue weighted by Gasteiger charge is 1.94. The maximum atomic E-state index is 4.41. The van der Waals surface area contributed by atoms with Gasteiger partial charge in [0.25, 0.3) is 0 Å². The van der Waals surface area contributed by atoms with Crippen molar-refractivity contribution in [2.45, 2.75) is 0 Å². The van der Waals surface area contributed by atoms with Crippen LogP contribution < -0.4 is 0 Å². The van der Waals surface area contributed by atoms with E-state index in [4.69, 9.17) is 0 Å². The Kier molecular flexibility index (Phi) is 1.12. The van der Waals surface area contributed by atoms with Gasteiger partial charge in [-0.05, 0) is 12.5 Å². The standard InChI is InChI=1S/C5H5N2O/c1-4(2)5-3-8-7-6-5/h3H,1-2H2. The molecule has 1 rings (SSSR count). The van der Waals surface area contributed by atoms with Crippen LogP contribution in [0.5, 0.6) is 0 Å². The minimum Gasteiger partial charge on any atom is -0.345 e. The van der Waals surface area contributed by atoms with Crippen molar-refractivity contribution < 1.29 is 4.52 Å². The Balaban J connectivity index is 2.93. The lowest BCUT2D eigenvalue weighted by Crippen LogP contribution is -1.75. The van der Waals surface area contributed by atoms with E-state index in [1.165, 1.54) is 6.26 Å². The Bertz CT molecular complexity index is 178. The molecular formula is C5H5N2O. The number of allylic oxidation sites excluding steroid dienone is 1.